The predicted molar refractivity (Wildman–Crippen MR) is 75.6 cm³/mol. The molecule has 0 bridgehead atoms. The van der Waals surface area contributed by atoms with Crippen molar-refractivity contribution in [2.75, 3.05) is 0 Å². The molecule has 0 saturated heterocycles. The van der Waals surface area contributed by atoms with Gasteiger partial charge >= 0.3 is 5.97 Å². The second kappa shape index (κ2) is 4.85. The van der Waals surface area contributed by atoms with Gasteiger partial charge in [0.15, 0.2) is 0 Å². The molecule has 2 aromatic heterocycles. The van der Waals surface area contributed by atoms with Crippen LogP contribution in [-0.4, -0.2) is 25.2 Å². The molecule has 3 rings (SSSR count). The highest BCUT2D eigenvalue weighted by Gasteiger charge is 2.12. The third-order valence-electron chi connectivity index (χ3n) is 3.45. The van der Waals surface area contributed by atoms with Gasteiger partial charge in [-0.05, 0) is 11.6 Å². The average Bonchev–Trinajstić information content (AvgIpc) is 2.96. The van der Waals surface area contributed by atoms with Gasteiger partial charge in [-0.3, -0.25) is 4.79 Å². The van der Waals surface area contributed by atoms with E-state index in [1.54, 1.807) is 6.20 Å². The summed E-state index contributed by atoms with van der Waals surface area (Å²) in [5.74, 6) is 0.123. The summed E-state index contributed by atoms with van der Waals surface area (Å²) in [5, 5.41) is 10.0. The molecule has 20 heavy (non-hydrogen) atoms. The molecule has 0 aliphatic rings. The van der Waals surface area contributed by atoms with E-state index < -0.39 is 5.97 Å². The minimum absolute atomic E-state index is 0.0358. The second-order valence-electron chi connectivity index (χ2n) is 4.82. The van der Waals surface area contributed by atoms with Crippen molar-refractivity contribution in [1.29, 1.82) is 0 Å². The Bertz CT molecular complexity index is 770. The SMILES string of the molecule is Cn1ccnc1Cn1cc(CC(=O)O)c2ccccc21. The van der Waals surface area contributed by atoms with Gasteiger partial charge in [-0.25, -0.2) is 4.98 Å². The molecular weight excluding hydrogens is 254 g/mol. The molecule has 2 heterocycles. The number of para-hydroxylation sites is 1. The zero-order valence-electron chi connectivity index (χ0n) is 11.2. The Labute approximate surface area is 116 Å². The number of nitrogens with zero attached hydrogens (tertiary/aromatic N) is 3. The first-order chi connectivity index (χ1) is 9.65. The Balaban J connectivity index is 2.06. The molecule has 0 radical (unpaired) electrons. The Morgan fingerprint density at radius 2 is 2.15 bits per heavy atom. The number of carboxylic acid groups (broad SMARTS) is 1. The monoisotopic (exact) mass is 269 g/mol. The van der Waals surface area contributed by atoms with Crippen molar-refractivity contribution < 1.29 is 9.90 Å². The van der Waals surface area contributed by atoms with E-state index in [2.05, 4.69) is 9.55 Å². The lowest BCUT2D eigenvalue weighted by Crippen LogP contribution is -2.05. The summed E-state index contributed by atoms with van der Waals surface area (Å²) in [6.45, 7) is 0.629. The first-order valence-corrected chi connectivity index (χ1v) is 6.40. The van der Waals surface area contributed by atoms with Crippen molar-refractivity contribution in [2.45, 2.75) is 13.0 Å². The fourth-order valence-electron chi connectivity index (χ4n) is 2.46. The van der Waals surface area contributed by atoms with E-state index >= 15 is 0 Å². The van der Waals surface area contributed by atoms with E-state index in [0.717, 1.165) is 22.3 Å². The smallest absolute Gasteiger partial charge is 0.307 e. The lowest BCUT2D eigenvalue weighted by atomic mass is 10.1. The van der Waals surface area contributed by atoms with Gasteiger partial charge in [0.1, 0.15) is 5.82 Å². The second-order valence-corrected chi connectivity index (χ2v) is 4.82. The minimum atomic E-state index is -0.815. The number of aromatic nitrogens is 3. The number of hydrogen-bond acceptors (Lipinski definition) is 2. The third-order valence-corrected chi connectivity index (χ3v) is 3.45. The number of rotatable bonds is 4. The number of imidazole rings is 1. The molecule has 0 amide bonds. The first-order valence-electron chi connectivity index (χ1n) is 6.40. The topological polar surface area (TPSA) is 60.0 Å². The van der Waals surface area contributed by atoms with Crippen LogP contribution in [0.4, 0.5) is 0 Å². The maximum absolute atomic E-state index is 11.0. The van der Waals surface area contributed by atoms with Gasteiger partial charge in [-0.2, -0.15) is 0 Å². The number of aliphatic carboxylic acids is 1. The fraction of sp³-hybridized carbons (Fsp3) is 0.200. The predicted octanol–water partition coefficient (Wildman–Crippen LogP) is 2.05. The molecule has 5 heteroatoms. The van der Waals surface area contributed by atoms with Gasteiger partial charge in [0, 0.05) is 36.5 Å². The van der Waals surface area contributed by atoms with Crippen LogP contribution in [0, 0.1) is 0 Å². The van der Waals surface area contributed by atoms with Crippen molar-refractivity contribution in [3.63, 3.8) is 0 Å². The van der Waals surface area contributed by atoms with Crippen LogP contribution in [0.3, 0.4) is 0 Å². The number of aryl methyl sites for hydroxylation is 1. The highest BCUT2D eigenvalue weighted by molar-refractivity contribution is 5.87. The zero-order chi connectivity index (χ0) is 14.1. The van der Waals surface area contributed by atoms with Gasteiger partial charge in [-0.15, -0.1) is 0 Å². The molecule has 0 fully saturated rings. The van der Waals surface area contributed by atoms with E-state index in [4.69, 9.17) is 5.11 Å². The summed E-state index contributed by atoms with van der Waals surface area (Å²) in [5.41, 5.74) is 1.87. The number of benzene rings is 1. The van der Waals surface area contributed by atoms with Crippen molar-refractivity contribution in [1.82, 2.24) is 14.1 Å². The summed E-state index contributed by atoms with van der Waals surface area (Å²) in [6, 6.07) is 7.85. The highest BCUT2D eigenvalue weighted by Crippen LogP contribution is 2.22. The summed E-state index contributed by atoms with van der Waals surface area (Å²) in [6.07, 6.45) is 5.61. The Hall–Kier alpha value is -2.56. The Morgan fingerprint density at radius 1 is 1.35 bits per heavy atom. The number of carbonyl (C=O) groups is 1. The van der Waals surface area contributed by atoms with Crippen molar-refractivity contribution in [2.24, 2.45) is 7.05 Å². The summed E-state index contributed by atoms with van der Waals surface area (Å²) < 4.78 is 4.02. The van der Waals surface area contributed by atoms with E-state index in [9.17, 15) is 4.79 Å². The quantitative estimate of drug-likeness (QED) is 0.788. The van der Waals surface area contributed by atoms with Crippen LogP contribution in [-0.2, 0) is 24.8 Å². The number of carboxylic acids is 1. The molecule has 0 unspecified atom stereocenters. The molecule has 0 atom stereocenters. The lowest BCUT2D eigenvalue weighted by Gasteiger charge is -2.05. The zero-order valence-corrected chi connectivity index (χ0v) is 11.2. The van der Waals surface area contributed by atoms with Gasteiger partial charge in [0.25, 0.3) is 0 Å². The fourth-order valence-corrected chi connectivity index (χ4v) is 2.46. The van der Waals surface area contributed by atoms with Crippen molar-refractivity contribution in [3.05, 3.63) is 54.2 Å². The standard InChI is InChI=1S/C15H15N3O2/c1-17-7-6-16-14(17)10-18-9-11(8-15(19)20)12-4-2-3-5-13(12)18/h2-7,9H,8,10H2,1H3,(H,19,20). The van der Waals surface area contributed by atoms with E-state index in [0.29, 0.717) is 6.54 Å². The molecule has 1 N–H and O–H groups in total. The molecule has 0 aliphatic carbocycles. The van der Waals surface area contributed by atoms with Crippen LogP contribution in [0.25, 0.3) is 10.9 Å². The van der Waals surface area contributed by atoms with E-state index in [-0.39, 0.29) is 6.42 Å². The maximum Gasteiger partial charge on any atom is 0.307 e. The van der Waals surface area contributed by atoms with Crippen LogP contribution in [0.5, 0.6) is 0 Å². The van der Waals surface area contributed by atoms with Crippen molar-refractivity contribution in [3.8, 4) is 0 Å². The molecule has 3 aromatic rings. The van der Waals surface area contributed by atoms with Gasteiger partial charge < -0.3 is 14.2 Å². The molecule has 102 valence electrons. The van der Waals surface area contributed by atoms with Gasteiger partial charge in [0.2, 0.25) is 0 Å². The Morgan fingerprint density at radius 3 is 2.85 bits per heavy atom. The van der Waals surface area contributed by atoms with Gasteiger partial charge in [-0.1, -0.05) is 18.2 Å². The molecule has 0 aliphatic heterocycles. The van der Waals surface area contributed by atoms with Crippen LogP contribution in [0.15, 0.2) is 42.9 Å². The highest BCUT2D eigenvalue weighted by atomic mass is 16.4. The Kier molecular flexibility index (Phi) is 3.02. The summed E-state index contributed by atoms with van der Waals surface area (Å²) in [7, 11) is 1.95. The molecule has 0 spiro atoms. The van der Waals surface area contributed by atoms with Crippen LogP contribution in [0.1, 0.15) is 11.4 Å². The van der Waals surface area contributed by atoms with E-state index in [1.165, 1.54) is 0 Å². The maximum atomic E-state index is 11.0. The summed E-state index contributed by atoms with van der Waals surface area (Å²) in [4.78, 5) is 15.3. The largest absolute Gasteiger partial charge is 0.481 e. The van der Waals surface area contributed by atoms with Gasteiger partial charge in [0.05, 0.1) is 13.0 Å². The molecule has 1 aromatic carbocycles. The lowest BCUT2D eigenvalue weighted by molar-refractivity contribution is -0.136. The van der Waals surface area contributed by atoms with Crippen LogP contribution in [0.2, 0.25) is 0 Å². The summed E-state index contributed by atoms with van der Waals surface area (Å²) >= 11 is 0. The molecule has 5 nitrogen and oxygen atoms in total. The van der Waals surface area contributed by atoms with Crippen LogP contribution >= 0.6 is 0 Å². The average molecular weight is 269 g/mol. The normalized spacial score (nSPS) is 11.1. The van der Waals surface area contributed by atoms with Crippen LogP contribution < -0.4 is 0 Å². The van der Waals surface area contributed by atoms with E-state index in [1.807, 2.05) is 48.3 Å². The number of hydrogen-bond donors (Lipinski definition) is 1. The third kappa shape index (κ3) is 2.18. The number of fused-ring (bicyclic) bond motifs is 1. The minimum Gasteiger partial charge on any atom is -0.481 e. The first kappa shape index (κ1) is 12.5. The van der Waals surface area contributed by atoms with Crippen molar-refractivity contribution >= 4 is 16.9 Å². The molecular formula is C15H15N3O2. The molecule has 0 saturated carbocycles.